The van der Waals surface area contributed by atoms with Crippen LogP contribution in [0.1, 0.15) is 10.4 Å². The number of halogens is 1. The number of hydrogen-bond acceptors (Lipinski definition) is 3. The molecule has 0 bridgehead atoms. The number of carbonyl (C=O) groups is 2. The zero-order valence-corrected chi connectivity index (χ0v) is 9.53. The molecule has 1 rings (SSSR count). The normalized spacial score (nSPS) is 9.82. The lowest BCUT2D eigenvalue weighted by Crippen LogP contribution is -2.36. The van der Waals surface area contributed by atoms with Crippen molar-refractivity contribution in [3.8, 4) is 5.75 Å². The Morgan fingerprint density at radius 2 is 2.06 bits per heavy atom. The van der Waals surface area contributed by atoms with Gasteiger partial charge in [0, 0.05) is 14.1 Å². The second-order valence-corrected chi connectivity index (χ2v) is 3.63. The summed E-state index contributed by atoms with van der Waals surface area (Å²) in [5.74, 6) is -1.96. The highest BCUT2D eigenvalue weighted by molar-refractivity contribution is 5.98. The largest absolute Gasteiger partial charge is 0.507 e. The smallest absolute Gasteiger partial charge is 0.255 e. The van der Waals surface area contributed by atoms with Crippen molar-refractivity contribution in [2.24, 2.45) is 0 Å². The Bertz CT molecular complexity index is 446. The number of phenols is 1. The van der Waals surface area contributed by atoms with E-state index in [1.54, 1.807) is 14.1 Å². The van der Waals surface area contributed by atoms with E-state index in [0.29, 0.717) is 0 Å². The van der Waals surface area contributed by atoms with Crippen LogP contribution in [0.3, 0.4) is 0 Å². The van der Waals surface area contributed by atoms with Crippen LogP contribution in [0.25, 0.3) is 0 Å². The van der Waals surface area contributed by atoms with Crippen LogP contribution >= 0.6 is 0 Å². The average molecular weight is 240 g/mol. The van der Waals surface area contributed by atoms with Crippen LogP contribution in [0.2, 0.25) is 0 Å². The number of carbonyl (C=O) groups excluding carboxylic acids is 2. The van der Waals surface area contributed by atoms with Crippen LogP contribution in [0.5, 0.6) is 5.75 Å². The quantitative estimate of drug-likeness (QED) is 0.801. The summed E-state index contributed by atoms with van der Waals surface area (Å²) >= 11 is 0. The van der Waals surface area contributed by atoms with Crippen molar-refractivity contribution >= 4 is 11.8 Å². The molecule has 6 heteroatoms. The zero-order chi connectivity index (χ0) is 13.0. The third-order valence-corrected chi connectivity index (χ3v) is 2.10. The lowest BCUT2D eigenvalue weighted by Gasteiger charge is -2.11. The van der Waals surface area contributed by atoms with Gasteiger partial charge in [-0.2, -0.15) is 0 Å². The van der Waals surface area contributed by atoms with Crippen molar-refractivity contribution in [2.45, 2.75) is 0 Å². The van der Waals surface area contributed by atoms with Gasteiger partial charge in [0.2, 0.25) is 5.91 Å². The maximum Gasteiger partial charge on any atom is 0.255 e. The van der Waals surface area contributed by atoms with Crippen LogP contribution in [0, 0.1) is 5.82 Å². The molecule has 0 fully saturated rings. The summed E-state index contributed by atoms with van der Waals surface area (Å²) in [5, 5.41) is 11.6. The molecule has 2 N–H and O–H groups in total. The van der Waals surface area contributed by atoms with Crippen LogP contribution < -0.4 is 5.32 Å². The Kier molecular flexibility index (Phi) is 4.03. The monoisotopic (exact) mass is 240 g/mol. The molecule has 0 unspecified atom stereocenters. The van der Waals surface area contributed by atoms with E-state index in [2.05, 4.69) is 5.32 Å². The minimum Gasteiger partial charge on any atom is -0.507 e. The molecule has 92 valence electrons. The van der Waals surface area contributed by atoms with Crippen LogP contribution in [-0.4, -0.2) is 42.5 Å². The van der Waals surface area contributed by atoms with Crippen molar-refractivity contribution in [3.05, 3.63) is 29.6 Å². The second kappa shape index (κ2) is 5.29. The summed E-state index contributed by atoms with van der Waals surface area (Å²) in [6.45, 7) is -0.207. The first kappa shape index (κ1) is 13.0. The van der Waals surface area contributed by atoms with Gasteiger partial charge >= 0.3 is 0 Å². The molecular formula is C11H13FN2O3. The van der Waals surface area contributed by atoms with Gasteiger partial charge < -0.3 is 15.3 Å². The van der Waals surface area contributed by atoms with E-state index in [-0.39, 0.29) is 23.8 Å². The first-order valence-electron chi connectivity index (χ1n) is 4.88. The predicted octanol–water partition coefficient (Wildman–Crippen LogP) is 0.349. The number of hydrogen-bond donors (Lipinski definition) is 2. The Morgan fingerprint density at radius 1 is 1.41 bits per heavy atom. The van der Waals surface area contributed by atoms with Crippen molar-refractivity contribution in [1.29, 1.82) is 0 Å². The second-order valence-electron chi connectivity index (χ2n) is 3.63. The lowest BCUT2D eigenvalue weighted by atomic mass is 10.2. The number of benzene rings is 1. The Hall–Kier alpha value is -2.11. The van der Waals surface area contributed by atoms with Gasteiger partial charge in [-0.3, -0.25) is 9.59 Å². The van der Waals surface area contributed by atoms with Crippen molar-refractivity contribution < 1.29 is 19.1 Å². The Balaban J connectivity index is 2.70. The third kappa shape index (κ3) is 3.44. The fourth-order valence-corrected chi connectivity index (χ4v) is 1.10. The summed E-state index contributed by atoms with van der Waals surface area (Å²) in [5.41, 5.74) is -0.198. The first-order valence-corrected chi connectivity index (χ1v) is 4.88. The number of aromatic hydroxyl groups is 1. The summed E-state index contributed by atoms with van der Waals surface area (Å²) in [7, 11) is 3.10. The molecule has 5 nitrogen and oxygen atoms in total. The molecule has 0 aliphatic carbocycles. The number of rotatable bonds is 3. The highest BCUT2D eigenvalue weighted by atomic mass is 19.1. The molecule has 0 heterocycles. The number of nitrogens with one attached hydrogen (secondary N) is 1. The van der Waals surface area contributed by atoms with Gasteiger partial charge in [-0.15, -0.1) is 0 Å². The van der Waals surface area contributed by atoms with Crippen LogP contribution in [0.4, 0.5) is 4.39 Å². The fraction of sp³-hybridized carbons (Fsp3) is 0.273. The van der Waals surface area contributed by atoms with Gasteiger partial charge in [-0.1, -0.05) is 0 Å². The van der Waals surface area contributed by atoms with Gasteiger partial charge in [0.25, 0.3) is 5.91 Å². The van der Waals surface area contributed by atoms with E-state index in [0.717, 1.165) is 18.2 Å². The van der Waals surface area contributed by atoms with Crippen LogP contribution in [-0.2, 0) is 4.79 Å². The maximum atomic E-state index is 12.9. The molecule has 1 aromatic carbocycles. The Labute approximate surface area is 97.8 Å². The van der Waals surface area contributed by atoms with Crippen molar-refractivity contribution in [1.82, 2.24) is 10.2 Å². The van der Waals surface area contributed by atoms with Gasteiger partial charge in [0.05, 0.1) is 12.1 Å². The molecule has 0 atom stereocenters. The minimum absolute atomic E-state index is 0.198. The molecule has 0 saturated carbocycles. The van der Waals surface area contributed by atoms with Gasteiger partial charge in [-0.05, 0) is 18.2 Å². The summed E-state index contributed by atoms with van der Waals surface area (Å²) in [4.78, 5) is 24.1. The first-order chi connectivity index (χ1) is 7.91. The molecule has 0 spiro atoms. The third-order valence-electron chi connectivity index (χ3n) is 2.10. The van der Waals surface area contributed by atoms with E-state index in [1.165, 1.54) is 4.90 Å². The highest BCUT2D eigenvalue weighted by Gasteiger charge is 2.13. The SMILES string of the molecule is CN(C)C(=O)CNC(=O)c1cc(F)ccc1O. The highest BCUT2D eigenvalue weighted by Crippen LogP contribution is 2.17. The summed E-state index contributed by atoms with van der Waals surface area (Å²) in [6.07, 6.45) is 0. The lowest BCUT2D eigenvalue weighted by molar-refractivity contribution is -0.127. The summed E-state index contributed by atoms with van der Waals surface area (Å²) in [6, 6.07) is 3.03. The van der Waals surface area contributed by atoms with Gasteiger partial charge in [0.15, 0.2) is 0 Å². The Morgan fingerprint density at radius 3 is 2.65 bits per heavy atom. The maximum absolute atomic E-state index is 12.9. The number of likely N-dealkylation sites (N-methyl/N-ethyl adjacent to an activating group) is 1. The molecule has 0 radical (unpaired) electrons. The molecule has 2 amide bonds. The zero-order valence-electron chi connectivity index (χ0n) is 9.53. The molecular weight excluding hydrogens is 227 g/mol. The topological polar surface area (TPSA) is 69.6 Å². The van der Waals surface area contributed by atoms with E-state index < -0.39 is 11.7 Å². The fourth-order valence-electron chi connectivity index (χ4n) is 1.10. The molecule has 0 aliphatic heterocycles. The van der Waals surface area contributed by atoms with E-state index in [1.807, 2.05) is 0 Å². The predicted molar refractivity (Wildman–Crippen MR) is 59.1 cm³/mol. The number of amides is 2. The van der Waals surface area contributed by atoms with E-state index in [9.17, 15) is 19.1 Å². The molecule has 0 saturated heterocycles. The van der Waals surface area contributed by atoms with E-state index in [4.69, 9.17) is 0 Å². The molecule has 0 aromatic heterocycles. The van der Waals surface area contributed by atoms with Crippen LogP contribution in [0.15, 0.2) is 18.2 Å². The molecule has 1 aromatic rings. The van der Waals surface area contributed by atoms with Gasteiger partial charge in [0.1, 0.15) is 11.6 Å². The number of phenolic OH excluding ortho intramolecular Hbond substituents is 1. The molecule has 0 aliphatic rings. The van der Waals surface area contributed by atoms with Crippen molar-refractivity contribution in [3.63, 3.8) is 0 Å². The van der Waals surface area contributed by atoms with E-state index >= 15 is 0 Å². The number of nitrogens with zero attached hydrogens (tertiary/aromatic N) is 1. The standard InChI is InChI=1S/C11H13FN2O3/c1-14(2)10(16)6-13-11(17)8-5-7(12)3-4-9(8)15/h3-5,15H,6H2,1-2H3,(H,13,17). The minimum atomic E-state index is -0.697. The van der Waals surface area contributed by atoms with Gasteiger partial charge in [-0.25, -0.2) is 4.39 Å². The van der Waals surface area contributed by atoms with Crippen molar-refractivity contribution in [2.75, 3.05) is 20.6 Å². The average Bonchev–Trinajstić information content (AvgIpc) is 2.28. The summed E-state index contributed by atoms with van der Waals surface area (Å²) < 4.78 is 12.9. The molecule has 17 heavy (non-hydrogen) atoms.